The van der Waals surface area contributed by atoms with E-state index in [1.165, 1.54) is 25.8 Å². The van der Waals surface area contributed by atoms with Gasteiger partial charge in [0.1, 0.15) is 0 Å². The third-order valence-electron chi connectivity index (χ3n) is 3.58. The minimum absolute atomic E-state index is 0.345. The van der Waals surface area contributed by atoms with Crippen LogP contribution in [0.1, 0.15) is 26.2 Å². The Morgan fingerprint density at radius 2 is 2.43 bits per heavy atom. The zero-order valence-corrected chi connectivity index (χ0v) is 9.38. The topological polar surface area (TPSA) is 24.5 Å². The van der Waals surface area contributed by atoms with Crippen LogP contribution in [-0.2, 0) is 4.74 Å². The first-order valence-corrected chi connectivity index (χ1v) is 5.73. The van der Waals surface area contributed by atoms with Crippen molar-refractivity contribution in [3.8, 4) is 0 Å². The Labute approximate surface area is 86.8 Å². The van der Waals surface area contributed by atoms with Gasteiger partial charge in [-0.05, 0) is 39.8 Å². The first-order chi connectivity index (χ1) is 6.70. The van der Waals surface area contributed by atoms with Crippen molar-refractivity contribution in [1.82, 2.24) is 10.2 Å². The van der Waals surface area contributed by atoms with Crippen LogP contribution in [-0.4, -0.2) is 49.8 Å². The van der Waals surface area contributed by atoms with Crippen molar-refractivity contribution in [3.05, 3.63) is 0 Å². The number of likely N-dealkylation sites (N-methyl/N-ethyl adjacent to an activating group) is 1. The summed E-state index contributed by atoms with van der Waals surface area (Å²) >= 11 is 0. The third-order valence-corrected chi connectivity index (χ3v) is 3.58. The van der Waals surface area contributed by atoms with Crippen molar-refractivity contribution in [2.75, 3.05) is 33.4 Å². The van der Waals surface area contributed by atoms with Crippen LogP contribution in [0.15, 0.2) is 0 Å². The second-order valence-electron chi connectivity index (χ2n) is 5.02. The van der Waals surface area contributed by atoms with Crippen molar-refractivity contribution >= 4 is 0 Å². The monoisotopic (exact) mass is 198 g/mol. The smallest absolute Gasteiger partial charge is 0.0622 e. The SMILES string of the molecule is CN(CC1(C)CCCN1)C1CCOC1. The highest BCUT2D eigenvalue weighted by molar-refractivity contribution is 4.92. The zero-order valence-electron chi connectivity index (χ0n) is 9.38. The Morgan fingerprint density at radius 3 is 3.00 bits per heavy atom. The van der Waals surface area contributed by atoms with Gasteiger partial charge in [-0.25, -0.2) is 0 Å². The Morgan fingerprint density at radius 1 is 1.57 bits per heavy atom. The van der Waals surface area contributed by atoms with Gasteiger partial charge < -0.3 is 10.1 Å². The molecule has 2 aliphatic rings. The molecule has 1 N–H and O–H groups in total. The van der Waals surface area contributed by atoms with Gasteiger partial charge in [-0.2, -0.15) is 0 Å². The lowest BCUT2D eigenvalue weighted by atomic mass is 9.99. The average molecular weight is 198 g/mol. The van der Waals surface area contributed by atoms with Crippen LogP contribution in [0.25, 0.3) is 0 Å². The summed E-state index contributed by atoms with van der Waals surface area (Å²) < 4.78 is 5.41. The normalized spacial score (nSPS) is 38.4. The van der Waals surface area contributed by atoms with Gasteiger partial charge in [0.2, 0.25) is 0 Å². The fraction of sp³-hybridized carbons (Fsp3) is 1.00. The molecule has 0 radical (unpaired) electrons. The summed E-state index contributed by atoms with van der Waals surface area (Å²) in [5.41, 5.74) is 0.345. The highest BCUT2D eigenvalue weighted by Crippen LogP contribution is 2.21. The van der Waals surface area contributed by atoms with Crippen LogP contribution in [0.3, 0.4) is 0 Å². The van der Waals surface area contributed by atoms with Crippen LogP contribution >= 0.6 is 0 Å². The van der Waals surface area contributed by atoms with E-state index in [2.05, 4.69) is 24.2 Å². The maximum Gasteiger partial charge on any atom is 0.0622 e. The molecule has 0 aliphatic carbocycles. The summed E-state index contributed by atoms with van der Waals surface area (Å²) in [6.45, 7) is 6.55. The number of nitrogens with zero attached hydrogens (tertiary/aromatic N) is 1. The molecule has 0 spiro atoms. The second kappa shape index (κ2) is 4.17. The molecule has 0 saturated carbocycles. The van der Waals surface area contributed by atoms with E-state index in [1.54, 1.807) is 0 Å². The van der Waals surface area contributed by atoms with Crippen LogP contribution in [0.4, 0.5) is 0 Å². The van der Waals surface area contributed by atoms with E-state index in [4.69, 9.17) is 4.74 Å². The molecule has 0 aromatic carbocycles. The van der Waals surface area contributed by atoms with Crippen LogP contribution < -0.4 is 5.32 Å². The predicted molar refractivity (Wildman–Crippen MR) is 57.5 cm³/mol. The summed E-state index contributed by atoms with van der Waals surface area (Å²) in [5.74, 6) is 0. The number of hydrogen-bond donors (Lipinski definition) is 1. The Balaban J connectivity index is 1.83. The molecule has 0 amide bonds. The van der Waals surface area contributed by atoms with Crippen LogP contribution in [0.2, 0.25) is 0 Å². The van der Waals surface area contributed by atoms with Crippen molar-refractivity contribution < 1.29 is 4.74 Å². The lowest BCUT2D eigenvalue weighted by Gasteiger charge is -2.33. The Bertz CT molecular complexity index is 184. The molecule has 2 aliphatic heterocycles. The number of hydrogen-bond acceptors (Lipinski definition) is 3. The van der Waals surface area contributed by atoms with E-state index >= 15 is 0 Å². The molecule has 2 atom stereocenters. The Kier molecular flexibility index (Phi) is 3.10. The number of nitrogens with one attached hydrogen (secondary N) is 1. The van der Waals surface area contributed by atoms with E-state index in [-0.39, 0.29) is 0 Å². The van der Waals surface area contributed by atoms with Gasteiger partial charge in [0.15, 0.2) is 0 Å². The molecular weight excluding hydrogens is 176 g/mol. The minimum Gasteiger partial charge on any atom is -0.380 e. The lowest BCUT2D eigenvalue weighted by molar-refractivity contribution is 0.141. The fourth-order valence-electron chi connectivity index (χ4n) is 2.64. The number of rotatable bonds is 3. The largest absolute Gasteiger partial charge is 0.380 e. The van der Waals surface area contributed by atoms with Gasteiger partial charge in [0, 0.05) is 24.7 Å². The van der Waals surface area contributed by atoms with E-state index in [1.807, 2.05) is 0 Å². The van der Waals surface area contributed by atoms with E-state index in [0.717, 1.165) is 19.8 Å². The maximum absolute atomic E-state index is 5.41. The van der Waals surface area contributed by atoms with Crippen molar-refractivity contribution in [2.45, 2.75) is 37.8 Å². The molecule has 82 valence electrons. The van der Waals surface area contributed by atoms with Gasteiger partial charge in [-0.15, -0.1) is 0 Å². The third kappa shape index (κ3) is 2.27. The summed E-state index contributed by atoms with van der Waals surface area (Å²) in [4.78, 5) is 2.46. The molecule has 2 unspecified atom stereocenters. The number of ether oxygens (including phenoxy) is 1. The fourth-order valence-corrected chi connectivity index (χ4v) is 2.64. The zero-order chi connectivity index (χ0) is 10.0. The summed E-state index contributed by atoms with van der Waals surface area (Å²) in [6, 6.07) is 0.647. The molecule has 2 rings (SSSR count). The summed E-state index contributed by atoms with van der Waals surface area (Å²) in [7, 11) is 2.23. The molecular formula is C11H22N2O. The van der Waals surface area contributed by atoms with Crippen LogP contribution in [0, 0.1) is 0 Å². The quantitative estimate of drug-likeness (QED) is 0.727. The first kappa shape index (κ1) is 10.4. The molecule has 14 heavy (non-hydrogen) atoms. The van der Waals surface area contributed by atoms with Gasteiger partial charge in [-0.1, -0.05) is 0 Å². The predicted octanol–water partition coefficient (Wildman–Crippen LogP) is 0.849. The van der Waals surface area contributed by atoms with Gasteiger partial charge in [-0.3, -0.25) is 4.90 Å². The standard InChI is InChI=1S/C11H22N2O/c1-11(5-3-6-12-11)9-13(2)10-4-7-14-8-10/h10,12H,3-9H2,1-2H3. The minimum atomic E-state index is 0.345. The molecule has 0 bridgehead atoms. The van der Waals surface area contributed by atoms with E-state index in [9.17, 15) is 0 Å². The molecule has 3 nitrogen and oxygen atoms in total. The van der Waals surface area contributed by atoms with Gasteiger partial charge in [0.05, 0.1) is 6.61 Å². The van der Waals surface area contributed by atoms with Crippen molar-refractivity contribution in [1.29, 1.82) is 0 Å². The average Bonchev–Trinajstić information content (AvgIpc) is 2.74. The molecule has 2 heterocycles. The van der Waals surface area contributed by atoms with Gasteiger partial charge in [0.25, 0.3) is 0 Å². The summed E-state index contributed by atoms with van der Waals surface area (Å²) in [6.07, 6.45) is 3.84. The lowest BCUT2D eigenvalue weighted by Crippen LogP contribution is -2.49. The molecule has 3 heteroatoms. The van der Waals surface area contributed by atoms with E-state index < -0.39 is 0 Å². The molecule has 0 aromatic rings. The van der Waals surface area contributed by atoms with Crippen molar-refractivity contribution in [2.24, 2.45) is 0 Å². The molecule has 2 saturated heterocycles. The molecule has 0 aromatic heterocycles. The van der Waals surface area contributed by atoms with Gasteiger partial charge >= 0.3 is 0 Å². The van der Waals surface area contributed by atoms with Crippen molar-refractivity contribution in [3.63, 3.8) is 0 Å². The maximum atomic E-state index is 5.41. The van der Waals surface area contributed by atoms with E-state index in [0.29, 0.717) is 11.6 Å². The highest BCUT2D eigenvalue weighted by Gasteiger charge is 2.32. The van der Waals surface area contributed by atoms with Crippen LogP contribution in [0.5, 0.6) is 0 Å². The second-order valence-corrected chi connectivity index (χ2v) is 5.02. The summed E-state index contributed by atoms with van der Waals surface area (Å²) in [5, 5.41) is 3.60. The molecule has 2 fully saturated rings. The highest BCUT2D eigenvalue weighted by atomic mass is 16.5. The Hall–Kier alpha value is -0.120. The first-order valence-electron chi connectivity index (χ1n) is 5.73.